The summed E-state index contributed by atoms with van der Waals surface area (Å²) in [6, 6.07) is 0. The Bertz CT molecular complexity index is 282. The van der Waals surface area contributed by atoms with Gasteiger partial charge in [0.2, 0.25) is 0 Å². The van der Waals surface area contributed by atoms with Crippen molar-refractivity contribution in [3.8, 4) is 0 Å². The SMILES string of the molecule is O=C(O)C1(O)CC(O)CC(C(O)C(O)CO)O1. The molecular formula is C9H16O8. The van der Waals surface area contributed by atoms with Crippen LogP contribution in [0.3, 0.4) is 0 Å². The van der Waals surface area contributed by atoms with Gasteiger partial charge in [0.25, 0.3) is 5.79 Å². The van der Waals surface area contributed by atoms with E-state index in [9.17, 15) is 25.2 Å². The van der Waals surface area contributed by atoms with Crippen molar-refractivity contribution >= 4 is 5.97 Å². The standard InChI is InChI=1S/C9H16O8/c10-3-5(12)7(13)6-1-4(11)2-9(16,17-6)8(14)15/h4-7,10-13,16H,1-3H2,(H,14,15). The number of carboxylic acid groups (broad SMARTS) is 1. The molecule has 1 heterocycles. The lowest BCUT2D eigenvalue weighted by molar-refractivity contribution is -0.288. The summed E-state index contributed by atoms with van der Waals surface area (Å²) in [6.07, 6.45) is -6.27. The molecular weight excluding hydrogens is 236 g/mol. The Morgan fingerprint density at radius 2 is 2.06 bits per heavy atom. The lowest BCUT2D eigenvalue weighted by atomic mass is 9.93. The molecule has 1 fully saturated rings. The van der Waals surface area contributed by atoms with Crippen LogP contribution in [0.25, 0.3) is 0 Å². The molecule has 1 aliphatic heterocycles. The second kappa shape index (κ2) is 5.25. The van der Waals surface area contributed by atoms with Gasteiger partial charge in [-0.25, -0.2) is 4.79 Å². The zero-order valence-electron chi connectivity index (χ0n) is 8.93. The Kier molecular flexibility index (Phi) is 4.42. The Balaban J connectivity index is 2.78. The Morgan fingerprint density at radius 3 is 2.53 bits per heavy atom. The van der Waals surface area contributed by atoms with E-state index in [4.69, 9.17) is 14.9 Å². The molecule has 8 nitrogen and oxygen atoms in total. The number of hydrogen-bond donors (Lipinski definition) is 6. The van der Waals surface area contributed by atoms with Crippen molar-refractivity contribution in [1.82, 2.24) is 0 Å². The zero-order chi connectivity index (χ0) is 13.2. The highest BCUT2D eigenvalue weighted by atomic mass is 16.7. The molecule has 1 aliphatic rings. The molecule has 0 aromatic heterocycles. The number of aliphatic hydroxyl groups is 5. The summed E-state index contributed by atoms with van der Waals surface area (Å²) in [5, 5.41) is 55.0. The number of carbonyl (C=O) groups is 1. The molecule has 0 spiro atoms. The van der Waals surface area contributed by atoms with Gasteiger partial charge in [0, 0.05) is 12.8 Å². The summed E-state index contributed by atoms with van der Waals surface area (Å²) in [6.45, 7) is -0.747. The number of aliphatic carboxylic acids is 1. The molecule has 100 valence electrons. The van der Waals surface area contributed by atoms with Crippen LogP contribution < -0.4 is 0 Å². The number of rotatable bonds is 4. The molecule has 1 rings (SSSR count). The second-order valence-electron chi connectivity index (χ2n) is 4.08. The van der Waals surface area contributed by atoms with Crippen molar-refractivity contribution in [3.63, 3.8) is 0 Å². The third kappa shape index (κ3) is 3.12. The molecule has 0 saturated carbocycles. The second-order valence-corrected chi connectivity index (χ2v) is 4.08. The average Bonchev–Trinajstić information content (AvgIpc) is 2.25. The van der Waals surface area contributed by atoms with Crippen LogP contribution in [0.4, 0.5) is 0 Å². The van der Waals surface area contributed by atoms with Gasteiger partial charge in [-0.2, -0.15) is 0 Å². The molecule has 0 radical (unpaired) electrons. The molecule has 0 aromatic carbocycles. The van der Waals surface area contributed by atoms with Crippen LogP contribution in [0.5, 0.6) is 0 Å². The quantitative estimate of drug-likeness (QED) is 0.310. The molecule has 5 atom stereocenters. The predicted molar refractivity (Wildman–Crippen MR) is 51.8 cm³/mol. The zero-order valence-corrected chi connectivity index (χ0v) is 8.93. The van der Waals surface area contributed by atoms with Crippen LogP contribution >= 0.6 is 0 Å². The number of carboxylic acids is 1. The first kappa shape index (κ1) is 14.3. The highest BCUT2D eigenvalue weighted by molar-refractivity contribution is 5.75. The van der Waals surface area contributed by atoms with Crippen molar-refractivity contribution in [1.29, 1.82) is 0 Å². The van der Waals surface area contributed by atoms with Crippen molar-refractivity contribution in [3.05, 3.63) is 0 Å². The minimum Gasteiger partial charge on any atom is -0.477 e. The fraction of sp³-hybridized carbons (Fsp3) is 0.889. The van der Waals surface area contributed by atoms with Crippen LogP contribution in [0.15, 0.2) is 0 Å². The summed E-state index contributed by atoms with van der Waals surface area (Å²) in [7, 11) is 0. The first-order valence-electron chi connectivity index (χ1n) is 5.09. The molecule has 17 heavy (non-hydrogen) atoms. The minimum atomic E-state index is -2.60. The maximum Gasteiger partial charge on any atom is 0.364 e. The van der Waals surface area contributed by atoms with E-state index in [2.05, 4.69) is 0 Å². The summed E-state index contributed by atoms with van der Waals surface area (Å²) in [5.74, 6) is -4.29. The van der Waals surface area contributed by atoms with Gasteiger partial charge in [0.1, 0.15) is 12.2 Å². The van der Waals surface area contributed by atoms with Gasteiger partial charge in [-0.15, -0.1) is 0 Å². The van der Waals surface area contributed by atoms with Gasteiger partial charge in [-0.3, -0.25) is 0 Å². The van der Waals surface area contributed by atoms with Crippen LogP contribution in [-0.2, 0) is 9.53 Å². The van der Waals surface area contributed by atoms with Crippen molar-refractivity contribution < 1.29 is 40.2 Å². The van der Waals surface area contributed by atoms with E-state index in [-0.39, 0.29) is 6.42 Å². The summed E-state index contributed by atoms with van der Waals surface area (Å²) in [4.78, 5) is 10.7. The lowest BCUT2D eigenvalue weighted by Gasteiger charge is -2.39. The maximum atomic E-state index is 10.7. The van der Waals surface area contributed by atoms with E-state index in [1.807, 2.05) is 0 Å². The number of aliphatic hydroxyl groups excluding tert-OH is 4. The first-order chi connectivity index (χ1) is 7.80. The van der Waals surface area contributed by atoms with E-state index in [0.717, 1.165) is 0 Å². The smallest absolute Gasteiger partial charge is 0.364 e. The van der Waals surface area contributed by atoms with Crippen LogP contribution in [-0.4, -0.2) is 73.4 Å². The van der Waals surface area contributed by atoms with Gasteiger partial charge in [0.15, 0.2) is 0 Å². The molecule has 0 aromatic rings. The van der Waals surface area contributed by atoms with Crippen molar-refractivity contribution in [2.24, 2.45) is 0 Å². The fourth-order valence-corrected chi connectivity index (χ4v) is 1.72. The predicted octanol–water partition coefficient (Wildman–Crippen LogP) is -2.99. The van der Waals surface area contributed by atoms with Crippen molar-refractivity contribution in [2.75, 3.05) is 6.61 Å². The number of hydrogen-bond acceptors (Lipinski definition) is 7. The molecule has 8 heteroatoms. The van der Waals surface area contributed by atoms with Crippen LogP contribution in [0.1, 0.15) is 12.8 Å². The van der Waals surface area contributed by atoms with Gasteiger partial charge >= 0.3 is 5.97 Å². The average molecular weight is 252 g/mol. The minimum absolute atomic E-state index is 0.145. The Hall–Kier alpha value is -0.770. The van der Waals surface area contributed by atoms with Gasteiger partial charge in [0.05, 0.1) is 18.8 Å². The molecule has 0 bridgehead atoms. The van der Waals surface area contributed by atoms with E-state index >= 15 is 0 Å². The highest BCUT2D eigenvalue weighted by Gasteiger charge is 2.48. The molecule has 6 N–H and O–H groups in total. The monoisotopic (exact) mass is 252 g/mol. The third-order valence-electron chi connectivity index (χ3n) is 2.66. The normalized spacial score (nSPS) is 37.5. The van der Waals surface area contributed by atoms with Gasteiger partial charge in [-0.05, 0) is 0 Å². The molecule has 1 saturated heterocycles. The Morgan fingerprint density at radius 1 is 1.47 bits per heavy atom. The largest absolute Gasteiger partial charge is 0.477 e. The highest BCUT2D eigenvalue weighted by Crippen LogP contribution is 2.29. The van der Waals surface area contributed by atoms with Gasteiger partial charge in [-0.1, -0.05) is 0 Å². The van der Waals surface area contributed by atoms with Gasteiger partial charge < -0.3 is 35.4 Å². The van der Waals surface area contributed by atoms with Crippen LogP contribution in [0, 0.1) is 0 Å². The first-order valence-corrected chi connectivity index (χ1v) is 5.09. The number of ether oxygens (including phenoxy) is 1. The van der Waals surface area contributed by atoms with Crippen LogP contribution in [0.2, 0.25) is 0 Å². The van der Waals surface area contributed by atoms with E-state index in [1.165, 1.54) is 0 Å². The summed E-state index contributed by atoms with van der Waals surface area (Å²) < 4.78 is 4.77. The van der Waals surface area contributed by atoms with Crippen molar-refractivity contribution in [2.45, 2.75) is 43.0 Å². The maximum absolute atomic E-state index is 10.7. The van der Waals surface area contributed by atoms with E-state index in [0.29, 0.717) is 0 Å². The topological polar surface area (TPSA) is 148 Å². The van der Waals surface area contributed by atoms with E-state index < -0.39 is 49.2 Å². The molecule has 0 amide bonds. The summed E-state index contributed by atoms with van der Waals surface area (Å²) >= 11 is 0. The Labute approximate surface area is 96.7 Å². The molecule has 5 unspecified atom stereocenters. The fourth-order valence-electron chi connectivity index (χ4n) is 1.72. The lowest BCUT2D eigenvalue weighted by Crippen LogP contribution is -2.56. The molecule has 0 aliphatic carbocycles. The third-order valence-corrected chi connectivity index (χ3v) is 2.66. The van der Waals surface area contributed by atoms with E-state index in [1.54, 1.807) is 0 Å². The summed E-state index contributed by atoms with van der Waals surface area (Å²) in [5.41, 5.74) is 0.